The van der Waals surface area contributed by atoms with Crippen molar-refractivity contribution in [1.29, 1.82) is 0 Å². The standard InChI is InChI=1S/C31H32N2O2/c1-4-32-26-18-14-24(15-19-26)28(30-12-8-22-34-30)10-7-11-29(31-13-9-23-35-31)25-16-20-27(21-17-25)33(5-2)6-3/h7-23H,4-6H2,1-3H3/b10-7+,28-24?,29-11-,32-26?. The van der Waals surface area contributed by atoms with E-state index >= 15 is 0 Å². The molecule has 178 valence electrons. The van der Waals surface area contributed by atoms with E-state index in [1.807, 2.05) is 43.3 Å². The molecule has 0 atom stereocenters. The maximum absolute atomic E-state index is 5.77. The van der Waals surface area contributed by atoms with E-state index in [2.05, 4.69) is 78.4 Å². The molecule has 0 saturated carbocycles. The highest BCUT2D eigenvalue weighted by molar-refractivity contribution is 6.06. The van der Waals surface area contributed by atoms with Crippen LogP contribution in [0.4, 0.5) is 5.69 Å². The molecule has 4 rings (SSSR count). The minimum atomic E-state index is 0.768. The summed E-state index contributed by atoms with van der Waals surface area (Å²) in [6, 6.07) is 16.5. The van der Waals surface area contributed by atoms with E-state index in [0.717, 1.165) is 59.1 Å². The van der Waals surface area contributed by atoms with Crippen LogP contribution in [0.3, 0.4) is 0 Å². The fraction of sp³-hybridized carbons (Fsp3) is 0.194. The van der Waals surface area contributed by atoms with Gasteiger partial charge in [0.05, 0.1) is 18.2 Å². The normalized spacial score (nSPS) is 13.6. The molecule has 1 aliphatic carbocycles. The number of nitrogens with zero attached hydrogens (tertiary/aromatic N) is 2. The summed E-state index contributed by atoms with van der Waals surface area (Å²) in [5.74, 6) is 1.65. The van der Waals surface area contributed by atoms with Gasteiger partial charge in [-0.25, -0.2) is 0 Å². The highest BCUT2D eigenvalue weighted by Crippen LogP contribution is 2.28. The van der Waals surface area contributed by atoms with E-state index < -0.39 is 0 Å². The average molecular weight is 465 g/mol. The molecule has 0 N–H and O–H groups in total. The van der Waals surface area contributed by atoms with Crippen molar-refractivity contribution in [3.63, 3.8) is 0 Å². The van der Waals surface area contributed by atoms with Crippen LogP contribution in [-0.4, -0.2) is 25.3 Å². The zero-order valence-electron chi connectivity index (χ0n) is 20.6. The van der Waals surface area contributed by atoms with Crippen molar-refractivity contribution in [2.24, 2.45) is 4.99 Å². The molecule has 2 heterocycles. The number of aliphatic imine (C=N–C) groups is 1. The van der Waals surface area contributed by atoms with Crippen LogP contribution in [-0.2, 0) is 0 Å². The second-order valence-corrected chi connectivity index (χ2v) is 8.05. The predicted molar refractivity (Wildman–Crippen MR) is 147 cm³/mol. The molecule has 3 aromatic rings. The van der Waals surface area contributed by atoms with Crippen LogP contribution in [0.15, 0.2) is 123 Å². The first-order valence-electron chi connectivity index (χ1n) is 12.2. The van der Waals surface area contributed by atoms with Gasteiger partial charge in [-0.2, -0.15) is 0 Å². The minimum Gasteiger partial charge on any atom is -0.464 e. The first kappa shape index (κ1) is 24.1. The Labute approximate surface area is 208 Å². The lowest BCUT2D eigenvalue weighted by molar-refractivity contribution is 0.554. The minimum absolute atomic E-state index is 0.768. The van der Waals surface area contributed by atoms with E-state index in [-0.39, 0.29) is 0 Å². The second kappa shape index (κ2) is 11.9. The molecular formula is C31H32N2O2. The highest BCUT2D eigenvalue weighted by Gasteiger charge is 2.11. The monoisotopic (exact) mass is 464 g/mol. The highest BCUT2D eigenvalue weighted by atomic mass is 16.3. The number of hydrogen-bond acceptors (Lipinski definition) is 4. The average Bonchev–Trinajstić information content (AvgIpc) is 3.62. The molecule has 0 bridgehead atoms. The van der Waals surface area contributed by atoms with Gasteiger partial charge in [-0.3, -0.25) is 4.99 Å². The molecule has 0 saturated heterocycles. The number of benzene rings is 1. The van der Waals surface area contributed by atoms with E-state index in [9.17, 15) is 0 Å². The summed E-state index contributed by atoms with van der Waals surface area (Å²) in [4.78, 5) is 6.81. The molecule has 0 spiro atoms. The lowest BCUT2D eigenvalue weighted by Crippen LogP contribution is -2.21. The molecule has 2 aromatic heterocycles. The van der Waals surface area contributed by atoms with Crippen molar-refractivity contribution in [2.45, 2.75) is 20.8 Å². The molecule has 35 heavy (non-hydrogen) atoms. The quantitative estimate of drug-likeness (QED) is 0.304. The van der Waals surface area contributed by atoms with E-state index in [1.165, 1.54) is 5.69 Å². The summed E-state index contributed by atoms with van der Waals surface area (Å²) in [5, 5.41) is 0. The van der Waals surface area contributed by atoms with Gasteiger partial charge in [0.15, 0.2) is 0 Å². The van der Waals surface area contributed by atoms with Crippen molar-refractivity contribution < 1.29 is 8.83 Å². The first-order valence-corrected chi connectivity index (χ1v) is 12.2. The van der Waals surface area contributed by atoms with Gasteiger partial charge in [-0.1, -0.05) is 42.5 Å². The molecule has 1 aromatic carbocycles. The summed E-state index contributed by atoms with van der Waals surface area (Å²) in [5.41, 5.74) is 6.40. The lowest BCUT2D eigenvalue weighted by Gasteiger charge is -2.21. The van der Waals surface area contributed by atoms with Crippen molar-refractivity contribution in [2.75, 3.05) is 24.5 Å². The fourth-order valence-corrected chi connectivity index (χ4v) is 4.11. The largest absolute Gasteiger partial charge is 0.464 e. The Balaban J connectivity index is 1.69. The van der Waals surface area contributed by atoms with Gasteiger partial charge >= 0.3 is 0 Å². The smallest absolute Gasteiger partial charge is 0.134 e. The van der Waals surface area contributed by atoms with Gasteiger partial charge in [0.1, 0.15) is 11.5 Å². The Kier molecular flexibility index (Phi) is 8.18. The summed E-state index contributed by atoms with van der Waals surface area (Å²) < 4.78 is 11.5. The molecule has 4 heteroatoms. The van der Waals surface area contributed by atoms with Crippen LogP contribution in [0.25, 0.3) is 11.1 Å². The number of allylic oxidation sites excluding steroid dienone is 9. The molecule has 0 unspecified atom stereocenters. The van der Waals surface area contributed by atoms with Crippen LogP contribution >= 0.6 is 0 Å². The van der Waals surface area contributed by atoms with E-state index in [0.29, 0.717) is 0 Å². The van der Waals surface area contributed by atoms with E-state index in [4.69, 9.17) is 8.83 Å². The maximum atomic E-state index is 5.77. The first-order chi connectivity index (χ1) is 17.2. The Morgan fingerprint density at radius 3 is 2.06 bits per heavy atom. The van der Waals surface area contributed by atoms with Crippen molar-refractivity contribution in [3.05, 3.63) is 126 Å². The molecule has 0 aliphatic heterocycles. The van der Waals surface area contributed by atoms with Crippen LogP contribution in [0.2, 0.25) is 0 Å². The summed E-state index contributed by atoms with van der Waals surface area (Å²) in [7, 11) is 0. The Hall–Kier alpha value is -4.05. The van der Waals surface area contributed by atoms with Gasteiger partial charge in [0.25, 0.3) is 0 Å². The maximum Gasteiger partial charge on any atom is 0.134 e. The Morgan fingerprint density at radius 1 is 0.829 bits per heavy atom. The topological polar surface area (TPSA) is 41.9 Å². The van der Waals surface area contributed by atoms with Gasteiger partial charge in [0, 0.05) is 36.5 Å². The molecule has 0 amide bonds. The molecule has 0 fully saturated rings. The molecular weight excluding hydrogens is 432 g/mol. The summed E-state index contributed by atoms with van der Waals surface area (Å²) >= 11 is 0. The summed E-state index contributed by atoms with van der Waals surface area (Å²) in [6.45, 7) is 9.13. The number of hydrogen-bond donors (Lipinski definition) is 0. The third kappa shape index (κ3) is 5.90. The van der Waals surface area contributed by atoms with Crippen molar-refractivity contribution >= 4 is 22.5 Å². The van der Waals surface area contributed by atoms with Gasteiger partial charge < -0.3 is 13.7 Å². The number of rotatable bonds is 9. The number of anilines is 1. The SMILES string of the molecule is CCN=C1C=CC(=C(/C=C/C=C(/c2ccc(N(CC)CC)cc2)c2ccco2)c2ccco2)C=C1. The van der Waals surface area contributed by atoms with Crippen LogP contribution < -0.4 is 4.90 Å². The fourth-order valence-electron chi connectivity index (χ4n) is 4.11. The van der Waals surface area contributed by atoms with Crippen LogP contribution in [0, 0.1) is 0 Å². The Morgan fingerprint density at radius 2 is 1.49 bits per heavy atom. The van der Waals surface area contributed by atoms with Gasteiger partial charge in [-0.05, 0) is 80.5 Å². The van der Waals surface area contributed by atoms with Crippen molar-refractivity contribution in [3.8, 4) is 0 Å². The summed E-state index contributed by atoms with van der Waals surface area (Å²) in [6.07, 6.45) is 17.9. The number of furan rings is 2. The zero-order valence-corrected chi connectivity index (χ0v) is 20.6. The van der Waals surface area contributed by atoms with Crippen LogP contribution in [0.1, 0.15) is 37.9 Å². The molecule has 4 nitrogen and oxygen atoms in total. The lowest BCUT2D eigenvalue weighted by atomic mass is 9.99. The van der Waals surface area contributed by atoms with E-state index in [1.54, 1.807) is 12.5 Å². The molecule has 1 aliphatic rings. The Bertz CT molecular complexity index is 1240. The molecule has 0 radical (unpaired) electrons. The van der Waals surface area contributed by atoms with Gasteiger partial charge in [-0.15, -0.1) is 0 Å². The van der Waals surface area contributed by atoms with Crippen molar-refractivity contribution in [1.82, 2.24) is 0 Å². The second-order valence-electron chi connectivity index (χ2n) is 8.05. The third-order valence-corrected chi connectivity index (χ3v) is 5.92. The zero-order chi connectivity index (χ0) is 24.5. The van der Waals surface area contributed by atoms with Crippen LogP contribution in [0.5, 0.6) is 0 Å². The van der Waals surface area contributed by atoms with Gasteiger partial charge in [0.2, 0.25) is 0 Å². The predicted octanol–water partition coefficient (Wildman–Crippen LogP) is 7.75. The third-order valence-electron chi connectivity index (χ3n) is 5.92.